The first-order chi connectivity index (χ1) is 5.75. The topological polar surface area (TPSA) is 46.2 Å². The van der Waals surface area contributed by atoms with Gasteiger partial charge in [0.1, 0.15) is 5.75 Å². The van der Waals surface area contributed by atoms with E-state index in [2.05, 4.69) is 22.6 Å². The van der Waals surface area contributed by atoms with Crippen LogP contribution in [0, 0.1) is 3.57 Å². The van der Waals surface area contributed by atoms with Crippen molar-refractivity contribution < 1.29 is 5.11 Å². The highest BCUT2D eigenvalue weighted by Crippen LogP contribution is 2.32. The van der Waals surface area contributed by atoms with Crippen molar-refractivity contribution in [1.82, 2.24) is 0 Å². The zero-order valence-corrected chi connectivity index (χ0v) is 9.43. The van der Waals surface area contributed by atoms with Crippen molar-refractivity contribution in [2.75, 3.05) is 12.3 Å². The van der Waals surface area contributed by atoms with E-state index in [9.17, 15) is 5.11 Å². The normalized spacial score (nSPS) is 10.2. The van der Waals surface area contributed by atoms with E-state index in [4.69, 9.17) is 5.73 Å². The summed E-state index contributed by atoms with van der Waals surface area (Å²) in [4.78, 5) is 0.934. The second-order valence-electron chi connectivity index (χ2n) is 2.23. The molecule has 0 saturated carbocycles. The van der Waals surface area contributed by atoms with Crippen molar-refractivity contribution in [1.29, 1.82) is 0 Å². The van der Waals surface area contributed by atoms with Crippen molar-refractivity contribution in [3.8, 4) is 5.75 Å². The van der Waals surface area contributed by atoms with Gasteiger partial charge in [0.2, 0.25) is 0 Å². The Hall–Kier alpha value is 0.0600. The number of thioether (sulfide) groups is 1. The molecule has 0 radical (unpaired) electrons. The van der Waals surface area contributed by atoms with Crippen molar-refractivity contribution in [2.45, 2.75) is 4.90 Å². The van der Waals surface area contributed by atoms with Crippen molar-refractivity contribution in [3.63, 3.8) is 0 Å². The van der Waals surface area contributed by atoms with Gasteiger partial charge in [0.15, 0.2) is 0 Å². The smallest absolute Gasteiger partial charge is 0.130 e. The average molecular weight is 295 g/mol. The quantitative estimate of drug-likeness (QED) is 0.662. The van der Waals surface area contributed by atoms with Gasteiger partial charge in [-0.05, 0) is 34.7 Å². The second-order valence-corrected chi connectivity index (χ2v) is 4.49. The molecule has 66 valence electrons. The van der Waals surface area contributed by atoms with E-state index in [1.54, 1.807) is 17.8 Å². The molecule has 0 atom stereocenters. The molecule has 0 aromatic heterocycles. The molecule has 0 amide bonds. The summed E-state index contributed by atoms with van der Waals surface area (Å²) in [6, 6.07) is 5.50. The van der Waals surface area contributed by atoms with Crippen LogP contribution < -0.4 is 5.73 Å². The van der Waals surface area contributed by atoms with E-state index in [1.807, 2.05) is 12.1 Å². The average Bonchev–Trinajstić information content (AvgIpc) is 2.04. The molecule has 0 aliphatic carbocycles. The van der Waals surface area contributed by atoms with Crippen LogP contribution in [0.15, 0.2) is 23.1 Å². The van der Waals surface area contributed by atoms with E-state index in [1.165, 1.54) is 0 Å². The summed E-state index contributed by atoms with van der Waals surface area (Å²) in [6.45, 7) is 0.634. The monoisotopic (exact) mass is 295 g/mol. The highest BCUT2D eigenvalue weighted by Gasteiger charge is 2.04. The molecule has 0 aliphatic heterocycles. The number of hydrogen-bond acceptors (Lipinski definition) is 3. The highest BCUT2D eigenvalue weighted by molar-refractivity contribution is 14.1. The Labute approximate surface area is 89.7 Å². The number of phenols is 1. The van der Waals surface area contributed by atoms with Gasteiger partial charge < -0.3 is 10.8 Å². The first kappa shape index (κ1) is 10.1. The van der Waals surface area contributed by atoms with E-state index in [-0.39, 0.29) is 0 Å². The minimum atomic E-state index is 0.348. The summed E-state index contributed by atoms with van der Waals surface area (Å²) in [6.07, 6.45) is 0. The summed E-state index contributed by atoms with van der Waals surface area (Å²) in [5.41, 5.74) is 5.37. The van der Waals surface area contributed by atoms with Crippen molar-refractivity contribution >= 4 is 34.4 Å². The summed E-state index contributed by atoms with van der Waals surface area (Å²) in [5.74, 6) is 1.19. The molecule has 4 heteroatoms. The van der Waals surface area contributed by atoms with Gasteiger partial charge in [0.25, 0.3) is 0 Å². The fourth-order valence-electron chi connectivity index (χ4n) is 0.801. The molecule has 3 N–H and O–H groups in total. The Morgan fingerprint density at radius 2 is 2.25 bits per heavy atom. The minimum Gasteiger partial charge on any atom is -0.507 e. The van der Waals surface area contributed by atoms with Crippen molar-refractivity contribution in [3.05, 3.63) is 21.8 Å². The van der Waals surface area contributed by atoms with Crippen LogP contribution in [0.5, 0.6) is 5.75 Å². The Bertz CT molecular complexity index is 247. The molecule has 0 bridgehead atoms. The number of nitrogens with two attached hydrogens (primary N) is 1. The molecule has 0 unspecified atom stereocenters. The molecule has 1 aromatic rings. The van der Waals surface area contributed by atoms with Crippen LogP contribution in [0.4, 0.5) is 0 Å². The SMILES string of the molecule is NCCSc1c(O)cccc1I. The number of halogens is 1. The molecule has 0 spiro atoms. The number of hydrogen-bond donors (Lipinski definition) is 2. The maximum atomic E-state index is 9.45. The third-order valence-corrected chi connectivity index (χ3v) is 3.73. The predicted octanol–water partition coefficient (Wildman–Crippen LogP) is 2.05. The summed E-state index contributed by atoms with van der Waals surface area (Å²) < 4.78 is 1.08. The third-order valence-electron chi connectivity index (χ3n) is 1.31. The van der Waals surface area contributed by atoms with Gasteiger partial charge in [-0.1, -0.05) is 6.07 Å². The maximum Gasteiger partial charge on any atom is 0.130 e. The van der Waals surface area contributed by atoms with E-state index in [0.29, 0.717) is 12.3 Å². The number of aromatic hydroxyl groups is 1. The Morgan fingerprint density at radius 1 is 1.50 bits per heavy atom. The van der Waals surface area contributed by atoms with Crippen LogP contribution >= 0.6 is 34.4 Å². The lowest BCUT2D eigenvalue weighted by Gasteiger charge is -2.04. The molecule has 0 heterocycles. The lowest BCUT2D eigenvalue weighted by Crippen LogP contribution is -2.01. The summed E-state index contributed by atoms with van der Waals surface area (Å²) in [5, 5.41) is 9.45. The molecule has 12 heavy (non-hydrogen) atoms. The van der Waals surface area contributed by atoms with E-state index < -0.39 is 0 Å². The summed E-state index contributed by atoms with van der Waals surface area (Å²) in [7, 11) is 0. The van der Waals surface area contributed by atoms with Gasteiger partial charge in [-0.2, -0.15) is 0 Å². The Kier molecular flexibility index (Phi) is 4.17. The first-order valence-corrected chi connectivity index (χ1v) is 5.62. The molecule has 1 aromatic carbocycles. The van der Waals surface area contributed by atoms with Gasteiger partial charge in [-0.15, -0.1) is 11.8 Å². The Morgan fingerprint density at radius 3 is 2.83 bits per heavy atom. The molecular formula is C8H10INOS. The molecular weight excluding hydrogens is 285 g/mol. The zero-order chi connectivity index (χ0) is 8.97. The molecule has 0 saturated heterocycles. The van der Waals surface area contributed by atoms with Crippen LogP contribution in [0.3, 0.4) is 0 Å². The highest BCUT2D eigenvalue weighted by atomic mass is 127. The molecule has 0 aliphatic rings. The fourth-order valence-corrected chi connectivity index (χ4v) is 2.50. The number of phenolic OH excluding ortho intramolecular Hbond substituents is 1. The standard InChI is InChI=1S/C8H10INOS/c9-6-2-1-3-7(11)8(6)12-5-4-10/h1-3,11H,4-5,10H2. The van der Waals surface area contributed by atoms with Gasteiger partial charge in [-0.3, -0.25) is 0 Å². The summed E-state index contributed by atoms with van der Waals surface area (Å²) >= 11 is 3.80. The number of rotatable bonds is 3. The first-order valence-electron chi connectivity index (χ1n) is 3.56. The maximum absolute atomic E-state index is 9.45. The molecule has 2 nitrogen and oxygen atoms in total. The Balaban J connectivity index is 2.81. The van der Waals surface area contributed by atoms with Crippen molar-refractivity contribution in [2.24, 2.45) is 5.73 Å². The van der Waals surface area contributed by atoms with Gasteiger partial charge in [0, 0.05) is 15.9 Å². The van der Waals surface area contributed by atoms with Gasteiger partial charge >= 0.3 is 0 Å². The molecule has 1 rings (SSSR count). The zero-order valence-electron chi connectivity index (χ0n) is 6.46. The van der Waals surface area contributed by atoms with Crippen LogP contribution in [-0.2, 0) is 0 Å². The van der Waals surface area contributed by atoms with Gasteiger partial charge in [0.05, 0.1) is 4.90 Å². The lowest BCUT2D eigenvalue weighted by atomic mass is 10.3. The van der Waals surface area contributed by atoms with Crippen LogP contribution in [0.1, 0.15) is 0 Å². The van der Waals surface area contributed by atoms with E-state index >= 15 is 0 Å². The molecule has 0 fully saturated rings. The van der Waals surface area contributed by atoms with Crippen LogP contribution in [0.2, 0.25) is 0 Å². The largest absolute Gasteiger partial charge is 0.507 e. The van der Waals surface area contributed by atoms with Gasteiger partial charge in [-0.25, -0.2) is 0 Å². The fraction of sp³-hybridized carbons (Fsp3) is 0.250. The third kappa shape index (κ3) is 2.53. The van der Waals surface area contributed by atoms with Crippen LogP contribution in [-0.4, -0.2) is 17.4 Å². The van der Waals surface area contributed by atoms with E-state index in [0.717, 1.165) is 14.2 Å². The predicted molar refractivity (Wildman–Crippen MR) is 60.6 cm³/mol. The number of benzene rings is 1. The second kappa shape index (κ2) is 4.94. The lowest BCUT2D eigenvalue weighted by molar-refractivity contribution is 0.461. The van der Waals surface area contributed by atoms with Crippen LogP contribution in [0.25, 0.3) is 0 Å². The minimum absolute atomic E-state index is 0.348.